The molecule has 0 saturated heterocycles. The maximum atomic E-state index is 12.4. The number of nitrogens with one attached hydrogen (secondary N) is 1. The smallest absolute Gasteiger partial charge is 0.309 e. The molecule has 1 unspecified atom stereocenters. The predicted octanol–water partition coefficient (Wildman–Crippen LogP) is 5.33. The van der Waals surface area contributed by atoms with Crippen molar-refractivity contribution in [3.8, 4) is 5.75 Å². The summed E-state index contributed by atoms with van der Waals surface area (Å²) in [4.78, 5) is 16.8. The highest BCUT2D eigenvalue weighted by Crippen LogP contribution is 2.23. The Bertz CT molecular complexity index is 1190. The molecular formula is C27H27BrN2O4. The summed E-state index contributed by atoms with van der Waals surface area (Å²) in [6.07, 6.45) is 1.21. The van der Waals surface area contributed by atoms with Crippen LogP contribution in [0, 0.1) is 5.92 Å². The first-order valence-corrected chi connectivity index (χ1v) is 12.0. The molecule has 4 aromatic rings. The van der Waals surface area contributed by atoms with Crippen molar-refractivity contribution in [3.05, 3.63) is 94.3 Å². The summed E-state index contributed by atoms with van der Waals surface area (Å²) in [5.41, 5.74) is 3.80. The van der Waals surface area contributed by atoms with E-state index in [1.807, 2.05) is 72.8 Å². The molecule has 34 heavy (non-hydrogen) atoms. The Kier molecular flexibility index (Phi) is 8.33. The molecule has 1 heterocycles. The zero-order valence-electron chi connectivity index (χ0n) is 19.0. The minimum Gasteiger partial charge on any atom is -0.492 e. The van der Waals surface area contributed by atoms with Gasteiger partial charge in [-0.2, -0.15) is 0 Å². The van der Waals surface area contributed by atoms with Crippen LogP contribution in [0.2, 0.25) is 0 Å². The van der Waals surface area contributed by atoms with Gasteiger partial charge in [-0.25, -0.2) is 4.98 Å². The number of nitrogens with zero attached hydrogens (tertiary/aromatic N) is 1. The number of methoxy groups -OCH3 is 1. The Labute approximate surface area is 207 Å². The van der Waals surface area contributed by atoms with Gasteiger partial charge in [0.2, 0.25) is 5.89 Å². The van der Waals surface area contributed by atoms with Gasteiger partial charge in [0.05, 0.1) is 19.6 Å². The van der Waals surface area contributed by atoms with Crippen molar-refractivity contribution < 1.29 is 18.7 Å². The van der Waals surface area contributed by atoms with Crippen molar-refractivity contribution in [3.63, 3.8) is 0 Å². The molecule has 0 spiro atoms. The molecule has 1 N–H and O–H groups in total. The van der Waals surface area contributed by atoms with Gasteiger partial charge in [-0.3, -0.25) is 4.79 Å². The quantitative estimate of drug-likeness (QED) is 0.212. The molecule has 3 aromatic carbocycles. The third-order valence-electron chi connectivity index (χ3n) is 5.53. The van der Waals surface area contributed by atoms with Crippen LogP contribution in [-0.4, -0.2) is 31.2 Å². The van der Waals surface area contributed by atoms with Crippen LogP contribution in [0.5, 0.6) is 5.75 Å². The number of hydrogen-bond acceptors (Lipinski definition) is 6. The number of rotatable bonds is 11. The molecule has 0 radical (unpaired) electrons. The first-order valence-electron chi connectivity index (χ1n) is 11.2. The summed E-state index contributed by atoms with van der Waals surface area (Å²) in [5, 5.41) is 3.28. The van der Waals surface area contributed by atoms with E-state index in [-0.39, 0.29) is 11.9 Å². The zero-order valence-corrected chi connectivity index (χ0v) is 20.6. The molecule has 176 valence electrons. The van der Waals surface area contributed by atoms with Crippen LogP contribution in [-0.2, 0) is 28.9 Å². The van der Waals surface area contributed by atoms with Crippen molar-refractivity contribution in [2.75, 3.05) is 20.3 Å². The number of esters is 1. The summed E-state index contributed by atoms with van der Waals surface area (Å²) in [6, 6.07) is 23.5. The van der Waals surface area contributed by atoms with Crippen LogP contribution in [0.1, 0.15) is 17.0 Å². The van der Waals surface area contributed by atoms with Gasteiger partial charge in [0, 0.05) is 11.0 Å². The number of ether oxygens (including phenoxy) is 2. The third-order valence-corrected chi connectivity index (χ3v) is 6.30. The van der Waals surface area contributed by atoms with Crippen molar-refractivity contribution >= 4 is 33.0 Å². The molecule has 0 bridgehead atoms. The fraction of sp³-hybridized carbons (Fsp3) is 0.259. The first-order chi connectivity index (χ1) is 16.6. The number of para-hydroxylation sites is 2. The van der Waals surface area contributed by atoms with Crippen molar-refractivity contribution in [1.82, 2.24) is 10.3 Å². The summed E-state index contributed by atoms with van der Waals surface area (Å²) in [7, 11) is 1.44. The van der Waals surface area contributed by atoms with Gasteiger partial charge in [-0.1, -0.05) is 58.4 Å². The van der Waals surface area contributed by atoms with E-state index in [9.17, 15) is 4.79 Å². The lowest BCUT2D eigenvalue weighted by Gasteiger charge is -2.16. The summed E-state index contributed by atoms with van der Waals surface area (Å²) in [6.45, 7) is 1.73. The monoisotopic (exact) mass is 522 g/mol. The lowest BCUT2D eigenvalue weighted by atomic mass is 9.92. The number of halogens is 1. The van der Waals surface area contributed by atoms with E-state index in [4.69, 9.17) is 13.9 Å². The third kappa shape index (κ3) is 6.46. The van der Waals surface area contributed by atoms with Gasteiger partial charge in [-0.15, -0.1) is 0 Å². The second kappa shape index (κ2) is 11.8. The van der Waals surface area contributed by atoms with Gasteiger partial charge in [0.15, 0.2) is 5.58 Å². The summed E-state index contributed by atoms with van der Waals surface area (Å²) >= 11 is 3.56. The van der Waals surface area contributed by atoms with E-state index in [0.717, 1.165) is 32.4 Å². The minimum absolute atomic E-state index is 0.207. The van der Waals surface area contributed by atoms with Crippen molar-refractivity contribution in [1.29, 1.82) is 0 Å². The molecule has 0 fully saturated rings. The minimum atomic E-state index is -0.258. The number of aromatic nitrogens is 1. The number of carbonyl (C=O) groups is 1. The fourth-order valence-corrected chi connectivity index (χ4v) is 4.22. The molecule has 7 heteroatoms. The largest absolute Gasteiger partial charge is 0.492 e. The van der Waals surface area contributed by atoms with E-state index in [0.29, 0.717) is 38.4 Å². The standard InChI is InChI=1S/C27H27BrN2O4/c1-32-27(31)21(17-20-6-2-3-7-23(20)28)16-19-10-12-22(13-11-19)33-15-14-29-18-26-30-24-8-4-5-9-25(24)34-26/h2-13,21,29H,14-18H2,1H3. The Morgan fingerprint density at radius 3 is 2.56 bits per heavy atom. The average Bonchev–Trinajstić information content (AvgIpc) is 3.28. The van der Waals surface area contributed by atoms with Gasteiger partial charge in [-0.05, 0) is 54.3 Å². The molecule has 0 amide bonds. The molecule has 4 rings (SSSR count). The molecule has 0 aliphatic rings. The zero-order chi connectivity index (χ0) is 23.8. The summed E-state index contributed by atoms with van der Waals surface area (Å²) in [5.74, 6) is 0.980. The van der Waals surface area contributed by atoms with Crippen LogP contribution >= 0.6 is 15.9 Å². The Hall–Kier alpha value is -3.16. The molecule has 6 nitrogen and oxygen atoms in total. The lowest BCUT2D eigenvalue weighted by Crippen LogP contribution is -2.21. The molecule has 1 atom stereocenters. The van der Waals surface area contributed by atoms with Gasteiger partial charge < -0.3 is 19.2 Å². The molecular weight excluding hydrogens is 496 g/mol. The van der Waals surface area contributed by atoms with Gasteiger partial charge in [0.25, 0.3) is 0 Å². The SMILES string of the molecule is COC(=O)C(Cc1ccc(OCCNCc2nc3ccccc3o2)cc1)Cc1ccccc1Br. The number of carbonyl (C=O) groups excluding carboxylic acids is 1. The van der Waals surface area contributed by atoms with E-state index in [1.165, 1.54) is 7.11 Å². The molecule has 0 aliphatic carbocycles. The Balaban J connectivity index is 1.24. The van der Waals surface area contributed by atoms with Crippen LogP contribution in [0.3, 0.4) is 0 Å². The Morgan fingerprint density at radius 1 is 1.03 bits per heavy atom. The van der Waals surface area contributed by atoms with E-state index < -0.39 is 0 Å². The topological polar surface area (TPSA) is 73.6 Å². The number of oxazole rings is 1. The number of hydrogen-bond donors (Lipinski definition) is 1. The second-order valence-electron chi connectivity index (χ2n) is 7.96. The van der Waals surface area contributed by atoms with Crippen LogP contribution in [0.4, 0.5) is 0 Å². The van der Waals surface area contributed by atoms with E-state index >= 15 is 0 Å². The number of benzene rings is 3. The lowest BCUT2D eigenvalue weighted by molar-refractivity contribution is -0.145. The highest BCUT2D eigenvalue weighted by atomic mass is 79.9. The van der Waals surface area contributed by atoms with Crippen LogP contribution in [0.15, 0.2) is 81.7 Å². The van der Waals surface area contributed by atoms with Crippen LogP contribution < -0.4 is 10.1 Å². The molecule has 1 aromatic heterocycles. The van der Waals surface area contributed by atoms with Crippen molar-refractivity contribution in [2.45, 2.75) is 19.4 Å². The molecule has 0 saturated carbocycles. The average molecular weight is 523 g/mol. The Morgan fingerprint density at radius 2 is 1.79 bits per heavy atom. The maximum absolute atomic E-state index is 12.4. The van der Waals surface area contributed by atoms with Gasteiger partial charge in [0.1, 0.15) is 17.9 Å². The second-order valence-corrected chi connectivity index (χ2v) is 8.82. The summed E-state index contributed by atoms with van der Waals surface area (Å²) < 4.78 is 17.6. The van der Waals surface area contributed by atoms with Crippen LogP contribution in [0.25, 0.3) is 11.1 Å². The van der Waals surface area contributed by atoms with Gasteiger partial charge >= 0.3 is 5.97 Å². The highest BCUT2D eigenvalue weighted by molar-refractivity contribution is 9.10. The van der Waals surface area contributed by atoms with E-state index in [1.54, 1.807) is 0 Å². The maximum Gasteiger partial charge on any atom is 0.309 e. The highest BCUT2D eigenvalue weighted by Gasteiger charge is 2.21. The fourth-order valence-electron chi connectivity index (χ4n) is 3.77. The molecule has 0 aliphatic heterocycles. The van der Waals surface area contributed by atoms with Crippen molar-refractivity contribution in [2.24, 2.45) is 5.92 Å². The number of fused-ring (bicyclic) bond motifs is 1. The normalized spacial score (nSPS) is 11.9. The predicted molar refractivity (Wildman–Crippen MR) is 135 cm³/mol. The van der Waals surface area contributed by atoms with E-state index in [2.05, 4.69) is 26.2 Å². The first kappa shape index (κ1) is 24.0.